The van der Waals surface area contributed by atoms with Gasteiger partial charge in [0, 0.05) is 42.3 Å². The van der Waals surface area contributed by atoms with Crippen LogP contribution in [0.4, 0.5) is 18.0 Å². The van der Waals surface area contributed by atoms with Crippen LogP contribution in [-0.4, -0.2) is 87.2 Å². The van der Waals surface area contributed by atoms with Gasteiger partial charge < -0.3 is 24.4 Å². The second kappa shape index (κ2) is 8.52. The number of nitrogens with zero attached hydrogens (tertiary/aromatic N) is 2. The third-order valence-corrected chi connectivity index (χ3v) is 9.47. The van der Waals surface area contributed by atoms with Crippen molar-refractivity contribution in [2.75, 3.05) is 46.1 Å². The lowest BCUT2D eigenvalue weighted by molar-refractivity contribution is -0.143. The largest absolute Gasteiger partial charge is 0.416 e. The fourth-order valence-electron chi connectivity index (χ4n) is 6.28. The van der Waals surface area contributed by atoms with Crippen LogP contribution in [0.1, 0.15) is 30.4 Å². The Morgan fingerprint density at radius 1 is 1.19 bits per heavy atom. The highest BCUT2D eigenvalue weighted by molar-refractivity contribution is 7.70. The van der Waals surface area contributed by atoms with E-state index >= 15 is 0 Å². The van der Waals surface area contributed by atoms with E-state index in [1.54, 1.807) is 15.9 Å². The molecule has 1 aromatic rings. The molecular formula is C24H30BF3N3O4P. The molecule has 2 atom stereocenters. The summed E-state index contributed by atoms with van der Waals surface area (Å²) < 4.78 is 58.2. The topological polar surface area (TPSA) is 79.0 Å². The van der Waals surface area contributed by atoms with E-state index in [0.717, 1.165) is 18.9 Å². The first kappa shape index (κ1) is 25.6. The molecule has 4 fully saturated rings. The van der Waals surface area contributed by atoms with E-state index < -0.39 is 24.3 Å². The van der Waals surface area contributed by atoms with Gasteiger partial charge in [0.15, 0.2) is 0 Å². The monoisotopic (exact) mass is 523 g/mol. The van der Waals surface area contributed by atoms with Crippen LogP contribution >= 0.6 is 7.14 Å². The van der Waals surface area contributed by atoms with Crippen LogP contribution in [0, 0.1) is 11.3 Å². The number of ether oxygens (including phenoxy) is 1. The van der Waals surface area contributed by atoms with Gasteiger partial charge in [-0.1, -0.05) is 0 Å². The summed E-state index contributed by atoms with van der Waals surface area (Å²) in [7, 11) is 3.51. The molecule has 3 aliphatic heterocycles. The van der Waals surface area contributed by atoms with Gasteiger partial charge in [-0.05, 0) is 68.7 Å². The first-order chi connectivity index (χ1) is 16.7. The van der Waals surface area contributed by atoms with Gasteiger partial charge in [-0.2, -0.15) is 13.2 Å². The Hall–Kier alpha value is -2.00. The van der Waals surface area contributed by atoms with Crippen LogP contribution in [0.25, 0.3) is 0 Å². The lowest BCUT2D eigenvalue weighted by atomic mass is 9.56. The van der Waals surface area contributed by atoms with E-state index in [9.17, 15) is 27.3 Å². The van der Waals surface area contributed by atoms with Crippen LogP contribution in [0.3, 0.4) is 0 Å². The number of halogens is 3. The first-order valence-corrected chi connectivity index (χ1v) is 14.8. The van der Waals surface area contributed by atoms with Crippen LogP contribution in [0.5, 0.6) is 0 Å². The lowest BCUT2D eigenvalue weighted by Crippen LogP contribution is -2.73. The van der Waals surface area contributed by atoms with Gasteiger partial charge in [-0.15, -0.1) is 0 Å². The van der Waals surface area contributed by atoms with Gasteiger partial charge in [0.25, 0.3) is 0 Å². The predicted octanol–water partition coefficient (Wildman–Crippen LogP) is 2.41. The van der Waals surface area contributed by atoms with Crippen molar-refractivity contribution in [1.82, 2.24) is 15.1 Å². The molecule has 7 nitrogen and oxygen atoms in total. The molecule has 3 heterocycles. The smallest absolute Gasteiger partial charge is 0.367 e. The van der Waals surface area contributed by atoms with Gasteiger partial charge in [-0.25, -0.2) is 4.79 Å². The number of alkyl halides is 3. The number of hydrogen-bond donors (Lipinski definition) is 1. The second-order valence-corrected chi connectivity index (χ2v) is 14.7. The highest BCUT2D eigenvalue weighted by atomic mass is 31.2. The summed E-state index contributed by atoms with van der Waals surface area (Å²) in [4.78, 5) is 28.2. The zero-order valence-electron chi connectivity index (χ0n) is 20.4. The molecule has 3 amide bonds. The number of nitrogens with one attached hydrogen (secondary N) is 1. The molecule has 36 heavy (non-hydrogen) atoms. The van der Waals surface area contributed by atoms with E-state index in [1.807, 2.05) is 0 Å². The van der Waals surface area contributed by atoms with Crippen molar-refractivity contribution >= 4 is 32.2 Å². The van der Waals surface area contributed by atoms with Crippen LogP contribution in [0.2, 0.25) is 0 Å². The van der Waals surface area contributed by atoms with Gasteiger partial charge in [0.1, 0.15) is 21.6 Å². The molecule has 0 aromatic heterocycles. The molecule has 2 radical (unpaired) electrons. The van der Waals surface area contributed by atoms with Crippen molar-refractivity contribution in [3.8, 4) is 0 Å². The molecule has 1 N–H and O–H groups in total. The van der Waals surface area contributed by atoms with E-state index in [0.29, 0.717) is 38.0 Å². The number of fused-ring (bicyclic) bond motifs is 1. The maximum atomic E-state index is 13.4. The Labute approximate surface area is 209 Å². The second-order valence-electron chi connectivity index (χ2n) is 11.5. The molecule has 3 saturated heterocycles. The summed E-state index contributed by atoms with van der Waals surface area (Å²) in [6.07, 6.45) is -2.09. The molecule has 1 spiro atoms. The fourth-order valence-corrected chi connectivity index (χ4v) is 7.21. The minimum absolute atomic E-state index is 0.0104. The lowest BCUT2D eigenvalue weighted by Gasteiger charge is -2.60. The van der Waals surface area contributed by atoms with E-state index in [-0.39, 0.29) is 47.8 Å². The van der Waals surface area contributed by atoms with Crippen LogP contribution in [-0.2, 0) is 26.7 Å². The third kappa shape index (κ3) is 4.81. The third-order valence-electron chi connectivity index (χ3n) is 7.96. The minimum Gasteiger partial charge on any atom is -0.367 e. The predicted molar refractivity (Wildman–Crippen MR) is 129 cm³/mol. The Morgan fingerprint density at radius 2 is 1.89 bits per heavy atom. The maximum Gasteiger partial charge on any atom is 0.416 e. The quantitative estimate of drug-likeness (QED) is 0.488. The summed E-state index contributed by atoms with van der Waals surface area (Å²) in [5, 5.41) is 3.01. The molecule has 5 rings (SSSR count). The molecule has 1 aliphatic carbocycles. The van der Waals surface area contributed by atoms with Crippen molar-refractivity contribution in [3.63, 3.8) is 0 Å². The maximum absolute atomic E-state index is 13.4. The zero-order valence-corrected chi connectivity index (χ0v) is 21.3. The first-order valence-electron chi connectivity index (χ1n) is 12.2. The number of benzene rings is 1. The van der Waals surface area contributed by atoms with Crippen molar-refractivity contribution in [3.05, 3.63) is 29.3 Å². The summed E-state index contributed by atoms with van der Waals surface area (Å²) in [6.45, 7) is 4.84. The molecule has 4 aliphatic rings. The molecule has 0 bridgehead atoms. The standard InChI is InChI=1S/C24H30BF3N3O4P/c1-36(2,34)18-7-15(6-17(8-18)24(26,27)28)5-16-9-22(10-16)12-31(13-22)21(33)30-4-3-19-23(25,14-30)29-20(32)11-35-19/h6-8,16,19H,3-5,9-14H2,1-2H3,(H,29,32)/t19-,23+/m0/s1. The summed E-state index contributed by atoms with van der Waals surface area (Å²) in [6, 6.07) is 3.70. The molecule has 1 saturated carbocycles. The fraction of sp³-hybridized carbons (Fsp3) is 0.667. The molecular weight excluding hydrogens is 493 g/mol. The number of hydrogen-bond acceptors (Lipinski definition) is 4. The molecule has 12 heteroatoms. The highest BCUT2D eigenvalue weighted by Crippen LogP contribution is 2.53. The number of likely N-dealkylation sites (tertiary alicyclic amines) is 2. The number of morpholine rings is 1. The van der Waals surface area contributed by atoms with Gasteiger partial charge in [0.2, 0.25) is 5.91 Å². The highest BCUT2D eigenvalue weighted by Gasteiger charge is 2.55. The molecule has 194 valence electrons. The number of amides is 3. The van der Waals surface area contributed by atoms with Crippen molar-refractivity contribution in [2.45, 2.75) is 43.4 Å². The van der Waals surface area contributed by atoms with E-state index in [1.165, 1.54) is 19.4 Å². The average molecular weight is 523 g/mol. The SMILES string of the molecule is [B][C@@]12CN(C(=O)N3CC4(CC(Cc5cc(C(F)(F)F)cc(P(C)(C)=O)c5)C4)C3)CC[C@@H]1OCC(=O)N2. The summed E-state index contributed by atoms with van der Waals surface area (Å²) >= 11 is 0. The van der Waals surface area contributed by atoms with E-state index in [2.05, 4.69) is 5.32 Å². The molecule has 0 unspecified atom stereocenters. The Balaban J connectivity index is 1.16. The average Bonchev–Trinajstić information content (AvgIpc) is 2.71. The Morgan fingerprint density at radius 3 is 2.53 bits per heavy atom. The minimum atomic E-state index is -4.49. The normalized spacial score (nSPS) is 28.2. The van der Waals surface area contributed by atoms with Crippen molar-refractivity contribution in [2.24, 2.45) is 11.3 Å². The van der Waals surface area contributed by atoms with Gasteiger partial charge in [0.05, 0.1) is 11.7 Å². The van der Waals surface area contributed by atoms with Crippen molar-refractivity contribution in [1.29, 1.82) is 0 Å². The number of carbonyl (C=O) groups excluding carboxylic acids is 2. The Kier molecular flexibility index (Phi) is 6.07. The van der Waals surface area contributed by atoms with Crippen molar-refractivity contribution < 1.29 is 32.1 Å². The van der Waals surface area contributed by atoms with Gasteiger partial charge >= 0.3 is 12.2 Å². The number of piperidine rings is 1. The zero-order chi connectivity index (χ0) is 26.1. The summed E-state index contributed by atoms with van der Waals surface area (Å²) in [5.41, 5.74) is -1.27. The number of urea groups is 1. The van der Waals surface area contributed by atoms with Gasteiger partial charge in [-0.3, -0.25) is 4.79 Å². The number of rotatable bonds is 3. The van der Waals surface area contributed by atoms with Crippen LogP contribution in [0.15, 0.2) is 18.2 Å². The summed E-state index contributed by atoms with van der Waals surface area (Å²) in [5.74, 6) is -0.0654. The number of carbonyl (C=O) groups is 2. The Bertz CT molecular complexity index is 1130. The van der Waals surface area contributed by atoms with E-state index in [4.69, 9.17) is 12.6 Å². The van der Waals surface area contributed by atoms with Crippen LogP contribution < -0.4 is 10.6 Å². The molecule has 1 aromatic carbocycles.